The van der Waals surface area contributed by atoms with Gasteiger partial charge in [-0.15, -0.1) is 0 Å². The molecular formula is C26H25N3O5. The summed E-state index contributed by atoms with van der Waals surface area (Å²) in [7, 11) is 3.04. The Balaban J connectivity index is 1.49. The minimum Gasteiger partial charge on any atom is -0.493 e. The Morgan fingerprint density at radius 1 is 0.941 bits per heavy atom. The normalized spacial score (nSPS) is 17.3. The molecule has 8 nitrogen and oxygen atoms in total. The molecule has 174 valence electrons. The highest BCUT2D eigenvalue weighted by atomic mass is 16.5. The number of para-hydroxylation sites is 1. The summed E-state index contributed by atoms with van der Waals surface area (Å²) in [5.41, 5.74) is 1.23. The van der Waals surface area contributed by atoms with Crippen LogP contribution in [0.15, 0.2) is 72.8 Å². The maximum atomic E-state index is 13.3. The number of nitrogens with one attached hydrogen (secondary N) is 2. The van der Waals surface area contributed by atoms with E-state index in [9.17, 15) is 14.4 Å². The maximum Gasteiger partial charge on any atom is 0.325 e. The second-order valence-electron chi connectivity index (χ2n) is 8.03. The van der Waals surface area contributed by atoms with Crippen LogP contribution in [0.4, 0.5) is 10.5 Å². The molecule has 0 bridgehead atoms. The fraction of sp³-hybridized carbons (Fsp3) is 0.192. The number of hydrogen-bond acceptors (Lipinski definition) is 5. The van der Waals surface area contributed by atoms with Gasteiger partial charge in [0.25, 0.3) is 11.8 Å². The van der Waals surface area contributed by atoms with E-state index in [1.165, 1.54) is 14.2 Å². The number of methoxy groups -OCH3 is 2. The van der Waals surface area contributed by atoms with E-state index in [2.05, 4.69) is 10.6 Å². The molecule has 1 unspecified atom stereocenters. The SMILES string of the molecule is COc1ccc(C2(C)NC(=O)N(Cc3ccc(C(=O)Nc4ccccc4)cc3)C2=O)cc1OC. The van der Waals surface area contributed by atoms with Gasteiger partial charge in [0.05, 0.1) is 20.8 Å². The van der Waals surface area contributed by atoms with Crippen molar-refractivity contribution in [3.05, 3.63) is 89.5 Å². The molecule has 0 aliphatic carbocycles. The zero-order valence-electron chi connectivity index (χ0n) is 19.1. The molecule has 1 aliphatic rings. The average Bonchev–Trinajstić information content (AvgIpc) is 3.08. The monoisotopic (exact) mass is 459 g/mol. The summed E-state index contributed by atoms with van der Waals surface area (Å²) in [5.74, 6) is 0.371. The van der Waals surface area contributed by atoms with Crippen molar-refractivity contribution in [2.24, 2.45) is 0 Å². The molecule has 0 spiro atoms. The van der Waals surface area contributed by atoms with Crippen LogP contribution < -0.4 is 20.1 Å². The van der Waals surface area contributed by atoms with E-state index in [1.807, 2.05) is 18.2 Å². The van der Waals surface area contributed by atoms with Crippen LogP contribution in [0.5, 0.6) is 11.5 Å². The Kier molecular flexibility index (Phi) is 6.23. The Morgan fingerprint density at radius 2 is 1.62 bits per heavy atom. The number of imide groups is 1. The second-order valence-corrected chi connectivity index (χ2v) is 8.03. The van der Waals surface area contributed by atoms with Crippen LogP contribution in [-0.4, -0.2) is 37.0 Å². The van der Waals surface area contributed by atoms with Crippen molar-refractivity contribution in [1.29, 1.82) is 0 Å². The fourth-order valence-corrected chi connectivity index (χ4v) is 3.85. The summed E-state index contributed by atoms with van der Waals surface area (Å²) >= 11 is 0. The van der Waals surface area contributed by atoms with Gasteiger partial charge in [0, 0.05) is 11.3 Å². The topological polar surface area (TPSA) is 97.0 Å². The van der Waals surface area contributed by atoms with E-state index in [0.717, 1.165) is 10.5 Å². The quantitative estimate of drug-likeness (QED) is 0.522. The Hall–Kier alpha value is -4.33. The van der Waals surface area contributed by atoms with E-state index in [-0.39, 0.29) is 18.4 Å². The first-order valence-corrected chi connectivity index (χ1v) is 10.7. The standard InChI is InChI=1S/C26H25N3O5/c1-26(19-13-14-21(33-2)22(15-19)34-3)24(31)29(25(32)28-26)16-17-9-11-18(12-10-17)23(30)27-20-7-5-4-6-8-20/h4-15H,16H2,1-3H3,(H,27,30)(H,28,32). The smallest absolute Gasteiger partial charge is 0.325 e. The van der Waals surface area contributed by atoms with Gasteiger partial charge in [0.15, 0.2) is 11.5 Å². The van der Waals surface area contributed by atoms with Gasteiger partial charge in [-0.05, 0) is 54.4 Å². The second kappa shape index (κ2) is 9.27. The van der Waals surface area contributed by atoms with Gasteiger partial charge in [0.1, 0.15) is 5.54 Å². The minimum absolute atomic E-state index is 0.0775. The van der Waals surface area contributed by atoms with Gasteiger partial charge in [-0.2, -0.15) is 0 Å². The van der Waals surface area contributed by atoms with Crippen molar-refractivity contribution in [2.45, 2.75) is 19.0 Å². The Labute approximate surface area is 197 Å². The summed E-state index contributed by atoms with van der Waals surface area (Å²) in [6, 6.07) is 20.6. The first kappa shape index (κ1) is 22.8. The van der Waals surface area contributed by atoms with Crippen LogP contribution in [0, 0.1) is 0 Å². The van der Waals surface area contributed by atoms with E-state index in [4.69, 9.17) is 9.47 Å². The maximum absolute atomic E-state index is 13.3. The van der Waals surface area contributed by atoms with Crippen molar-refractivity contribution in [2.75, 3.05) is 19.5 Å². The van der Waals surface area contributed by atoms with Crippen molar-refractivity contribution < 1.29 is 23.9 Å². The number of hydrogen-bond donors (Lipinski definition) is 2. The number of benzene rings is 3. The molecule has 4 amide bonds. The van der Waals surface area contributed by atoms with Crippen LogP contribution in [0.3, 0.4) is 0 Å². The predicted octanol–water partition coefficient (Wildman–Crippen LogP) is 3.92. The third-order valence-corrected chi connectivity index (χ3v) is 5.82. The number of ether oxygens (including phenoxy) is 2. The molecule has 0 saturated carbocycles. The lowest BCUT2D eigenvalue weighted by atomic mass is 9.91. The number of anilines is 1. The number of urea groups is 1. The van der Waals surface area contributed by atoms with Crippen molar-refractivity contribution in [3.8, 4) is 11.5 Å². The molecule has 1 fully saturated rings. The summed E-state index contributed by atoms with van der Waals surface area (Å²) in [6.45, 7) is 1.74. The van der Waals surface area contributed by atoms with Crippen molar-refractivity contribution in [1.82, 2.24) is 10.2 Å². The van der Waals surface area contributed by atoms with Crippen LogP contribution in [0.25, 0.3) is 0 Å². The molecule has 8 heteroatoms. The molecule has 3 aromatic rings. The zero-order valence-corrected chi connectivity index (χ0v) is 19.1. The van der Waals surface area contributed by atoms with E-state index < -0.39 is 11.6 Å². The zero-order chi connectivity index (χ0) is 24.3. The number of rotatable bonds is 7. The van der Waals surface area contributed by atoms with Crippen LogP contribution in [-0.2, 0) is 16.9 Å². The third-order valence-electron chi connectivity index (χ3n) is 5.82. The number of nitrogens with zero attached hydrogens (tertiary/aromatic N) is 1. The average molecular weight is 460 g/mol. The lowest BCUT2D eigenvalue weighted by molar-refractivity contribution is -0.131. The van der Waals surface area contributed by atoms with Gasteiger partial charge < -0.3 is 20.1 Å². The van der Waals surface area contributed by atoms with Gasteiger partial charge >= 0.3 is 6.03 Å². The number of carbonyl (C=O) groups is 3. The molecule has 0 radical (unpaired) electrons. The molecule has 34 heavy (non-hydrogen) atoms. The number of amides is 4. The highest BCUT2D eigenvalue weighted by Crippen LogP contribution is 2.35. The van der Waals surface area contributed by atoms with E-state index in [0.29, 0.717) is 28.3 Å². The minimum atomic E-state index is -1.24. The summed E-state index contributed by atoms with van der Waals surface area (Å²) in [6.07, 6.45) is 0. The van der Waals surface area contributed by atoms with Crippen LogP contribution >= 0.6 is 0 Å². The van der Waals surface area contributed by atoms with Crippen molar-refractivity contribution >= 4 is 23.5 Å². The van der Waals surface area contributed by atoms with Gasteiger partial charge in [-0.3, -0.25) is 14.5 Å². The van der Waals surface area contributed by atoms with Crippen LogP contribution in [0.1, 0.15) is 28.4 Å². The molecule has 1 aliphatic heterocycles. The molecule has 1 heterocycles. The van der Waals surface area contributed by atoms with Crippen LogP contribution in [0.2, 0.25) is 0 Å². The van der Waals surface area contributed by atoms with Gasteiger partial charge in [0.2, 0.25) is 0 Å². The van der Waals surface area contributed by atoms with E-state index in [1.54, 1.807) is 61.5 Å². The fourth-order valence-electron chi connectivity index (χ4n) is 3.85. The van der Waals surface area contributed by atoms with Gasteiger partial charge in [-0.1, -0.05) is 36.4 Å². The Morgan fingerprint density at radius 3 is 2.26 bits per heavy atom. The molecule has 1 atom stereocenters. The lowest BCUT2D eigenvalue weighted by Gasteiger charge is -2.23. The molecule has 4 rings (SSSR count). The molecule has 3 aromatic carbocycles. The summed E-state index contributed by atoms with van der Waals surface area (Å²) in [5, 5.41) is 5.61. The number of carbonyl (C=O) groups excluding carboxylic acids is 3. The van der Waals surface area contributed by atoms with Crippen molar-refractivity contribution in [3.63, 3.8) is 0 Å². The summed E-state index contributed by atoms with van der Waals surface area (Å²) < 4.78 is 10.6. The Bertz CT molecular complexity index is 1230. The van der Waals surface area contributed by atoms with E-state index >= 15 is 0 Å². The summed E-state index contributed by atoms with van der Waals surface area (Å²) in [4.78, 5) is 39.6. The van der Waals surface area contributed by atoms with Gasteiger partial charge in [-0.25, -0.2) is 4.79 Å². The molecule has 2 N–H and O–H groups in total. The molecular weight excluding hydrogens is 434 g/mol. The highest BCUT2D eigenvalue weighted by Gasteiger charge is 2.49. The lowest BCUT2D eigenvalue weighted by Crippen LogP contribution is -2.40. The molecule has 1 saturated heterocycles. The first-order valence-electron chi connectivity index (χ1n) is 10.7. The largest absolute Gasteiger partial charge is 0.493 e. The highest BCUT2D eigenvalue weighted by molar-refractivity contribution is 6.07. The predicted molar refractivity (Wildman–Crippen MR) is 127 cm³/mol. The third kappa shape index (κ3) is 4.30. The molecule has 0 aromatic heterocycles. The first-order chi connectivity index (χ1) is 16.4.